The van der Waals surface area contributed by atoms with E-state index in [9.17, 15) is 13.2 Å². The zero-order valence-corrected chi connectivity index (χ0v) is 15.8. The third kappa shape index (κ3) is 4.25. The number of hydrogen-bond donors (Lipinski definition) is 0. The smallest absolute Gasteiger partial charge is 0.254 e. The van der Waals surface area contributed by atoms with Gasteiger partial charge in [0.25, 0.3) is 5.91 Å². The number of rotatable bonds is 5. The van der Waals surface area contributed by atoms with Gasteiger partial charge in [0.2, 0.25) is 0 Å². The van der Waals surface area contributed by atoms with Crippen LogP contribution in [-0.4, -0.2) is 43.9 Å². The van der Waals surface area contributed by atoms with Gasteiger partial charge in [0, 0.05) is 18.2 Å². The lowest BCUT2D eigenvalue weighted by Crippen LogP contribution is -2.40. The zero-order valence-electron chi connectivity index (χ0n) is 15.0. The molecule has 0 saturated carbocycles. The van der Waals surface area contributed by atoms with Crippen LogP contribution in [0.3, 0.4) is 0 Å². The van der Waals surface area contributed by atoms with Crippen LogP contribution in [0.2, 0.25) is 0 Å². The maximum Gasteiger partial charge on any atom is 0.254 e. The maximum atomic E-state index is 13.2. The van der Waals surface area contributed by atoms with E-state index in [4.69, 9.17) is 4.74 Å². The van der Waals surface area contributed by atoms with E-state index >= 15 is 0 Å². The van der Waals surface area contributed by atoms with Crippen LogP contribution >= 0.6 is 0 Å². The van der Waals surface area contributed by atoms with Crippen LogP contribution in [0.1, 0.15) is 27.9 Å². The number of hydrogen-bond acceptors (Lipinski definition) is 4. The van der Waals surface area contributed by atoms with Crippen molar-refractivity contribution in [3.05, 3.63) is 65.2 Å². The summed E-state index contributed by atoms with van der Waals surface area (Å²) >= 11 is 0. The highest BCUT2D eigenvalue weighted by Gasteiger charge is 2.35. The van der Waals surface area contributed by atoms with Crippen molar-refractivity contribution in [3.63, 3.8) is 0 Å². The summed E-state index contributed by atoms with van der Waals surface area (Å²) in [6, 6.07) is 14.6. The summed E-state index contributed by atoms with van der Waals surface area (Å²) in [5.41, 5.74) is 2.62. The Morgan fingerprint density at radius 1 is 1.19 bits per heavy atom. The fraction of sp³-hybridized carbons (Fsp3) is 0.350. The molecular weight excluding hydrogens is 350 g/mol. The van der Waals surface area contributed by atoms with Crippen molar-refractivity contribution >= 4 is 15.7 Å². The third-order valence-electron chi connectivity index (χ3n) is 4.70. The summed E-state index contributed by atoms with van der Waals surface area (Å²) in [7, 11) is -1.53. The zero-order chi connectivity index (χ0) is 18.7. The lowest BCUT2D eigenvalue weighted by molar-refractivity contribution is 0.0680. The van der Waals surface area contributed by atoms with Gasteiger partial charge in [-0.3, -0.25) is 4.79 Å². The Bertz CT molecular complexity index is 890. The van der Waals surface area contributed by atoms with Gasteiger partial charge in [0.1, 0.15) is 5.75 Å². The van der Waals surface area contributed by atoms with Gasteiger partial charge in [-0.05, 0) is 37.1 Å². The van der Waals surface area contributed by atoms with Gasteiger partial charge in [0.15, 0.2) is 9.84 Å². The molecule has 26 heavy (non-hydrogen) atoms. The molecule has 1 fully saturated rings. The van der Waals surface area contributed by atoms with Crippen molar-refractivity contribution in [2.75, 3.05) is 18.6 Å². The number of benzene rings is 2. The number of carbonyl (C=O) groups is 1. The molecular formula is C20H23NO4S. The SMILES string of the molecule is COc1cccc(C(=O)N(Cc2ccc(C)cc2)[C@H]2CCS(=O)(=O)C2)c1. The second-order valence-electron chi connectivity index (χ2n) is 6.71. The lowest BCUT2D eigenvalue weighted by atomic mass is 10.1. The third-order valence-corrected chi connectivity index (χ3v) is 6.45. The molecule has 1 amide bonds. The number of aryl methyl sites for hydroxylation is 1. The molecule has 1 aliphatic rings. The normalized spacial score (nSPS) is 18.5. The van der Waals surface area contributed by atoms with E-state index in [-0.39, 0.29) is 23.5 Å². The molecule has 2 aromatic rings. The van der Waals surface area contributed by atoms with E-state index in [1.54, 1.807) is 36.3 Å². The Hall–Kier alpha value is -2.34. The van der Waals surface area contributed by atoms with Gasteiger partial charge >= 0.3 is 0 Å². The van der Waals surface area contributed by atoms with Gasteiger partial charge in [-0.1, -0.05) is 35.9 Å². The van der Waals surface area contributed by atoms with Crippen molar-refractivity contribution in [2.24, 2.45) is 0 Å². The Kier molecular flexibility index (Phi) is 5.32. The van der Waals surface area contributed by atoms with Crippen LogP contribution in [0.15, 0.2) is 48.5 Å². The first-order chi connectivity index (χ1) is 12.4. The van der Waals surface area contributed by atoms with Crippen LogP contribution in [0.4, 0.5) is 0 Å². The van der Waals surface area contributed by atoms with Gasteiger partial charge in [0.05, 0.1) is 18.6 Å². The first kappa shape index (κ1) is 18.5. The predicted octanol–water partition coefficient (Wildman–Crippen LogP) is 2.83. The molecule has 0 N–H and O–H groups in total. The van der Waals surface area contributed by atoms with Gasteiger partial charge < -0.3 is 9.64 Å². The molecule has 0 radical (unpaired) electrons. The first-order valence-electron chi connectivity index (χ1n) is 8.59. The number of methoxy groups -OCH3 is 1. The van der Waals surface area contributed by atoms with Crippen LogP contribution in [0, 0.1) is 6.92 Å². The topological polar surface area (TPSA) is 63.7 Å². The summed E-state index contributed by atoms with van der Waals surface area (Å²) in [4.78, 5) is 14.8. The second kappa shape index (κ2) is 7.50. The molecule has 1 heterocycles. The molecule has 0 aliphatic carbocycles. The fourth-order valence-corrected chi connectivity index (χ4v) is 4.93. The standard InChI is InChI=1S/C20H23NO4S/c1-15-6-8-16(9-7-15)13-21(18-10-11-26(23,24)14-18)20(22)17-4-3-5-19(12-17)25-2/h3-9,12,18H,10-11,13-14H2,1-2H3/t18-/m0/s1. The molecule has 1 saturated heterocycles. The molecule has 5 nitrogen and oxygen atoms in total. The number of sulfone groups is 1. The molecule has 2 aromatic carbocycles. The molecule has 138 valence electrons. The summed E-state index contributed by atoms with van der Waals surface area (Å²) in [6.45, 7) is 2.39. The van der Waals surface area contributed by atoms with E-state index < -0.39 is 9.84 Å². The van der Waals surface area contributed by atoms with Gasteiger partial charge in [-0.2, -0.15) is 0 Å². The molecule has 3 rings (SSSR count). The highest BCUT2D eigenvalue weighted by atomic mass is 32.2. The summed E-state index contributed by atoms with van der Waals surface area (Å²) in [5.74, 6) is 0.582. The minimum Gasteiger partial charge on any atom is -0.497 e. The fourth-order valence-electron chi connectivity index (χ4n) is 3.20. The van der Waals surface area contributed by atoms with Crippen molar-refractivity contribution in [1.82, 2.24) is 4.90 Å². The van der Waals surface area contributed by atoms with E-state index in [0.717, 1.165) is 11.1 Å². The van der Waals surface area contributed by atoms with Gasteiger partial charge in [-0.15, -0.1) is 0 Å². The summed E-state index contributed by atoms with van der Waals surface area (Å²) in [5, 5.41) is 0. The largest absolute Gasteiger partial charge is 0.497 e. The molecule has 0 bridgehead atoms. The molecule has 1 atom stereocenters. The number of amides is 1. The summed E-state index contributed by atoms with van der Waals surface area (Å²) < 4.78 is 29.1. The van der Waals surface area contributed by atoms with Crippen LogP contribution in [0.5, 0.6) is 5.75 Å². The number of carbonyl (C=O) groups excluding carboxylic acids is 1. The summed E-state index contributed by atoms with van der Waals surface area (Å²) in [6.07, 6.45) is 0.476. The molecule has 0 spiro atoms. The van der Waals surface area contributed by atoms with Crippen LogP contribution in [-0.2, 0) is 16.4 Å². The Labute approximate surface area is 154 Å². The lowest BCUT2D eigenvalue weighted by Gasteiger charge is -2.28. The van der Waals surface area contributed by atoms with Crippen molar-refractivity contribution < 1.29 is 17.9 Å². The molecule has 6 heteroatoms. The Balaban J connectivity index is 1.91. The van der Waals surface area contributed by atoms with Crippen molar-refractivity contribution in [3.8, 4) is 5.75 Å². The van der Waals surface area contributed by atoms with E-state index in [2.05, 4.69) is 0 Å². The maximum absolute atomic E-state index is 13.2. The Morgan fingerprint density at radius 3 is 2.54 bits per heavy atom. The monoisotopic (exact) mass is 373 g/mol. The number of nitrogens with zero attached hydrogens (tertiary/aromatic N) is 1. The van der Waals surface area contributed by atoms with E-state index in [0.29, 0.717) is 24.3 Å². The first-order valence-corrected chi connectivity index (χ1v) is 10.4. The van der Waals surface area contributed by atoms with Gasteiger partial charge in [-0.25, -0.2) is 8.42 Å². The predicted molar refractivity (Wildman–Crippen MR) is 101 cm³/mol. The van der Waals surface area contributed by atoms with Crippen LogP contribution < -0.4 is 4.74 Å². The van der Waals surface area contributed by atoms with E-state index in [1.165, 1.54) is 0 Å². The molecule has 0 aromatic heterocycles. The highest BCUT2D eigenvalue weighted by molar-refractivity contribution is 7.91. The quantitative estimate of drug-likeness (QED) is 0.808. The minimum absolute atomic E-state index is 0.0224. The molecule has 0 unspecified atom stereocenters. The average Bonchev–Trinajstić information content (AvgIpc) is 3.00. The Morgan fingerprint density at radius 2 is 1.92 bits per heavy atom. The van der Waals surface area contributed by atoms with E-state index in [1.807, 2.05) is 31.2 Å². The minimum atomic E-state index is -3.09. The average molecular weight is 373 g/mol. The second-order valence-corrected chi connectivity index (χ2v) is 8.94. The number of ether oxygens (including phenoxy) is 1. The van der Waals surface area contributed by atoms with Crippen molar-refractivity contribution in [2.45, 2.75) is 25.9 Å². The highest BCUT2D eigenvalue weighted by Crippen LogP contribution is 2.24. The molecule has 1 aliphatic heterocycles. The van der Waals surface area contributed by atoms with Crippen molar-refractivity contribution in [1.29, 1.82) is 0 Å². The van der Waals surface area contributed by atoms with Crippen LogP contribution in [0.25, 0.3) is 0 Å².